The molecule has 0 radical (unpaired) electrons. The fourth-order valence-corrected chi connectivity index (χ4v) is 15.1. The van der Waals surface area contributed by atoms with Gasteiger partial charge in [0.2, 0.25) is 0 Å². The second-order valence-corrected chi connectivity index (χ2v) is 20.4. The van der Waals surface area contributed by atoms with Crippen molar-refractivity contribution in [3.05, 3.63) is 43.8 Å². The summed E-state index contributed by atoms with van der Waals surface area (Å²) >= 11 is 0. The van der Waals surface area contributed by atoms with E-state index in [1.807, 2.05) is 0 Å². The first-order valence-corrected chi connectivity index (χ1v) is 19.0. The Kier molecular flexibility index (Phi) is 7.43. The fourth-order valence-electron chi connectivity index (χ4n) is 7.31. The molecule has 3 aliphatic carbocycles. The van der Waals surface area contributed by atoms with E-state index in [0.717, 1.165) is 0 Å². The lowest BCUT2D eigenvalue weighted by atomic mass is 9.92. The van der Waals surface area contributed by atoms with Crippen LogP contribution in [0.15, 0.2) is 43.8 Å². The van der Waals surface area contributed by atoms with Crippen LogP contribution in [0.3, 0.4) is 0 Å². The van der Waals surface area contributed by atoms with E-state index in [-0.39, 0.29) is 0 Å². The van der Waals surface area contributed by atoms with Crippen molar-refractivity contribution in [2.45, 2.75) is 119 Å². The van der Waals surface area contributed by atoms with Gasteiger partial charge in [-0.3, -0.25) is 0 Å². The van der Waals surface area contributed by atoms with Crippen molar-refractivity contribution in [3.63, 3.8) is 0 Å². The zero-order chi connectivity index (χ0) is 24.2. The molecule has 0 aliphatic heterocycles. The van der Waals surface area contributed by atoms with E-state index in [0.29, 0.717) is 23.9 Å². The number of nitrogens with one attached hydrogen (secondary N) is 2. The summed E-state index contributed by atoms with van der Waals surface area (Å²) in [6.45, 7) is 29.1. The Morgan fingerprint density at radius 2 is 0.812 bits per heavy atom. The average Bonchev–Trinajstić information content (AvgIpc) is 3.02. The molecule has 3 aliphatic rings. The zero-order valence-corrected chi connectivity index (χ0v) is 25.1. The van der Waals surface area contributed by atoms with Crippen molar-refractivity contribution in [2.24, 2.45) is 11.8 Å². The molecule has 0 aromatic carbocycles. The summed E-state index contributed by atoms with van der Waals surface area (Å²) in [5.74, 6) is 1.25. The van der Waals surface area contributed by atoms with Crippen molar-refractivity contribution in [1.29, 1.82) is 0 Å². The quantitative estimate of drug-likeness (QED) is 0.391. The van der Waals surface area contributed by atoms with Gasteiger partial charge >= 0.3 is 0 Å². The van der Waals surface area contributed by atoms with Gasteiger partial charge in [0.15, 0.2) is 0 Å². The molecule has 4 heteroatoms. The van der Waals surface area contributed by atoms with E-state index < -0.39 is 16.5 Å². The lowest BCUT2D eigenvalue weighted by molar-refractivity contribution is 0.356. The first-order valence-electron chi connectivity index (χ1n) is 13.0. The van der Waals surface area contributed by atoms with E-state index in [4.69, 9.17) is 0 Å². The number of allylic oxidation sites excluding steroid dienone is 8. The van der Waals surface area contributed by atoms with E-state index in [2.05, 4.69) is 91.5 Å². The highest BCUT2D eigenvalue weighted by Crippen LogP contribution is 2.42. The molecule has 0 saturated heterocycles. The fraction of sp³-hybridized carbons (Fsp3) is 0.714. The second-order valence-electron chi connectivity index (χ2n) is 12.2. The van der Waals surface area contributed by atoms with Gasteiger partial charge in [0.25, 0.3) is 0 Å². The Balaban J connectivity index is 1.60. The predicted octanol–water partition coefficient (Wildman–Crippen LogP) is 7.57. The predicted molar refractivity (Wildman–Crippen MR) is 148 cm³/mol. The van der Waals surface area contributed by atoms with Gasteiger partial charge in [-0.25, -0.2) is 0 Å². The molecule has 0 heterocycles. The Labute approximate surface area is 201 Å². The number of hydrogen-bond acceptors (Lipinski definition) is 2. The van der Waals surface area contributed by atoms with Crippen LogP contribution in [-0.4, -0.2) is 28.6 Å². The van der Waals surface area contributed by atoms with Gasteiger partial charge in [-0.2, -0.15) is 0 Å². The molecule has 180 valence electrons. The molecule has 2 nitrogen and oxygen atoms in total. The summed E-state index contributed by atoms with van der Waals surface area (Å²) in [6, 6.07) is 1.37. The van der Waals surface area contributed by atoms with Crippen molar-refractivity contribution < 1.29 is 0 Å². The summed E-state index contributed by atoms with van der Waals surface area (Å²) in [6.07, 6.45) is 5.26. The van der Waals surface area contributed by atoms with Crippen molar-refractivity contribution in [3.8, 4) is 0 Å². The van der Waals surface area contributed by atoms with Crippen LogP contribution in [0.2, 0.25) is 26.2 Å². The van der Waals surface area contributed by atoms with Gasteiger partial charge in [-0.1, -0.05) is 72.7 Å². The average molecular weight is 471 g/mol. The molecule has 1 fully saturated rings. The third-order valence-electron chi connectivity index (χ3n) is 9.48. The highest BCUT2D eigenvalue weighted by atomic mass is 28.3. The van der Waals surface area contributed by atoms with Crippen LogP contribution in [-0.2, 0) is 0 Å². The van der Waals surface area contributed by atoms with E-state index >= 15 is 0 Å². The lowest BCUT2D eigenvalue weighted by Gasteiger charge is -2.40. The summed E-state index contributed by atoms with van der Waals surface area (Å²) in [7, 11) is -3.26. The maximum atomic E-state index is 4.23. The van der Waals surface area contributed by atoms with Crippen LogP contribution in [0, 0.1) is 11.8 Å². The topological polar surface area (TPSA) is 24.1 Å². The molecule has 0 aromatic rings. The minimum atomic E-state index is -1.63. The third-order valence-corrected chi connectivity index (χ3v) is 16.1. The Hall–Kier alpha value is -0.686. The van der Waals surface area contributed by atoms with Crippen molar-refractivity contribution >= 4 is 16.5 Å². The Bertz CT molecular complexity index is 818. The highest BCUT2D eigenvalue weighted by Gasteiger charge is 2.40. The molecular weight excluding hydrogens is 420 g/mol. The van der Waals surface area contributed by atoms with Crippen LogP contribution in [0.4, 0.5) is 0 Å². The zero-order valence-electron chi connectivity index (χ0n) is 23.1. The van der Waals surface area contributed by atoms with Crippen LogP contribution < -0.4 is 9.96 Å². The molecule has 0 spiro atoms. The molecule has 1 saturated carbocycles. The second kappa shape index (κ2) is 9.16. The van der Waals surface area contributed by atoms with E-state index in [1.165, 1.54) is 25.7 Å². The van der Waals surface area contributed by atoms with Crippen molar-refractivity contribution in [1.82, 2.24) is 9.96 Å². The SMILES string of the molecule is CC1=C(C)C(C)C([Si](C)(C)NC2CCC(N[Si](C)(C)C3=C(C)C(C)=C(C)C3C)CC2)=C1C. The standard InChI is InChI=1S/C28H50N2Si2/c1-17-18(2)22(6)27(21(17)5)31(9,10)29-25-13-15-26(16-14-25)30-32(11,12)28-23(7)19(3)20(4)24(28)8/h21,23,25-26,29-30H,13-16H2,1-12H3. The molecule has 32 heavy (non-hydrogen) atoms. The van der Waals surface area contributed by atoms with Crippen LogP contribution >= 0.6 is 0 Å². The Morgan fingerprint density at radius 3 is 1.03 bits per heavy atom. The molecule has 2 atom stereocenters. The van der Waals surface area contributed by atoms with Gasteiger partial charge in [-0.05, 0) is 90.2 Å². The maximum Gasteiger partial charge on any atom is 0.148 e. The maximum absolute atomic E-state index is 4.23. The molecular formula is C28H50N2Si2. The van der Waals surface area contributed by atoms with Crippen molar-refractivity contribution in [2.75, 3.05) is 0 Å². The van der Waals surface area contributed by atoms with Crippen LogP contribution in [0.1, 0.15) is 81.1 Å². The van der Waals surface area contributed by atoms with Gasteiger partial charge in [0.1, 0.15) is 16.5 Å². The normalized spacial score (nSPS) is 30.4. The summed E-state index contributed by atoms with van der Waals surface area (Å²) in [5, 5.41) is 3.49. The van der Waals surface area contributed by atoms with Gasteiger partial charge in [-0.15, -0.1) is 0 Å². The number of rotatable bonds is 6. The first-order chi connectivity index (χ1) is 14.7. The van der Waals surface area contributed by atoms with Gasteiger partial charge in [0, 0.05) is 12.1 Å². The monoisotopic (exact) mass is 470 g/mol. The minimum Gasteiger partial charge on any atom is -0.331 e. The van der Waals surface area contributed by atoms with E-state index in [1.54, 1.807) is 43.8 Å². The molecule has 3 rings (SSSR count). The highest BCUT2D eigenvalue weighted by molar-refractivity contribution is 6.83. The van der Waals surface area contributed by atoms with E-state index in [9.17, 15) is 0 Å². The molecule has 0 bridgehead atoms. The molecule has 0 aromatic heterocycles. The minimum absolute atomic E-state index is 0.624. The number of hydrogen-bond donors (Lipinski definition) is 2. The lowest BCUT2D eigenvalue weighted by Crippen LogP contribution is -2.57. The third kappa shape index (κ3) is 4.62. The van der Waals surface area contributed by atoms with Gasteiger partial charge < -0.3 is 9.96 Å². The van der Waals surface area contributed by atoms with Gasteiger partial charge in [0.05, 0.1) is 0 Å². The smallest absolute Gasteiger partial charge is 0.148 e. The van der Waals surface area contributed by atoms with Crippen LogP contribution in [0.25, 0.3) is 0 Å². The summed E-state index contributed by atoms with van der Waals surface area (Å²) in [5.41, 5.74) is 9.42. The summed E-state index contributed by atoms with van der Waals surface area (Å²) in [4.78, 5) is 8.45. The summed E-state index contributed by atoms with van der Waals surface area (Å²) < 4.78 is 0. The largest absolute Gasteiger partial charge is 0.331 e. The Morgan fingerprint density at radius 1 is 0.531 bits per heavy atom. The van der Waals surface area contributed by atoms with Crippen LogP contribution in [0.5, 0.6) is 0 Å². The molecule has 2 N–H and O–H groups in total. The molecule has 0 amide bonds. The molecule has 2 unspecified atom stereocenters. The first kappa shape index (κ1) is 25.9.